The molecule has 0 spiro atoms. The summed E-state index contributed by atoms with van der Waals surface area (Å²) in [4.78, 5) is 11.1. The average Bonchev–Trinajstić information content (AvgIpc) is 2.37. The van der Waals surface area contributed by atoms with Crippen LogP contribution in [-0.2, 0) is 6.54 Å². The summed E-state index contributed by atoms with van der Waals surface area (Å²) >= 11 is 0. The zero-order valence-corrected chi connectivity index (χ0v) is 12.0. The number of primary amides is 1. The normalized spacial score (nSPS) is 14.1. The first kappa shape index (κ1) is 15.7. The van der Waals surface area contributed by atoms with Gasteiger partial charge < -0.3 is 16.2 Å². The summed E-state index contributed by atoms with van der Waals surface area (Å²) in [5.74, 6) is -0.402. The van der Waals surface area contributed by atoms with Crippen LogP contribution in [0.15, 0.2) is 18.2 Å². The summed E-state index contributed by atoms with van der Waals surface area (Å²) in [7, 11) is 0. The van der Waals surface area contributed by atoms with Crippen LogP contribution in [0.2, 0.25) is 0 Å². The Kier molecular flexibility index (Phi) is 5.51. The fourth-order valence-corrected chi connectivity index (χ4v) is 1.99. The molecule has 0 aliphatic heterocycles. The number of nitrogens with one attached hydrogen (secondary N) is 1. The zero-order valence-electron chi connectivity index (χ0n) is 12.0. The SMILES string of the molecule is CCC(C)(CCO)NCc1ccc(C(N)=O)cc1C. The van der Waals surface area contributed by atoms with Crippen LogP contribution in [0.25, 0.3) is 0 Å². The molecule has 1 aromatic carbocycles. The van der Waals surface area contributed by atoms with Gasteiger partial charge in [-0.25, -0.2) is 0 Å². The van der Waals surface area contributed by atoms with Crippen LogP contribution in [0, 0.1) is 6.92 Å². The van der Waals surface area contributed by atoms with Crippen molar-refractivity contribution in [1.29, 1.82) is 0 Å². The van der Waals surface area contributed by atoms with Crippen LogP contribution in [0.4, 0.5) is 0 Å². The number of aliphatic hydroxyl groups is 1. The lowest BCUT2D eigenvalue weighted by atomic mass is 9.94. The van der Waals surface area contributed by atoms with Crippen LogP contribution >= 0.6 is 0 Å². The fourth-order valence-electron chi connectivity index (χ4n) is 1.99. The van der Waals surface area contributed by atoms with E-state index in [-0.39, 0.29) is 12.1 Å². The van der Waals surface area contributed by atoms with Gasteiger partial charge in [-0.15, -0.1) is 0 Å². The number of nitrogens with two attached hydrogens (primary N) is 1. The van der Waals surface area contributed by atoms with E-state index in [0.717, 1.165) is 30.5 Å². The predicted octanol–water partition coefficient (Wildman–Crippen LogP) is 1.73. The predicted molar refractivity (Wildman–Crippen MR) is 76.9 cm³/mol. The van der Waals surface area contributed by atoms with Crippen molar-refractivity contribution in [3.8, 4) is 0 Å². The lowest BCUT2D eigenvalue weighted by Crippen LogP contribution is -2.42. The molecule has 0 aliphatic rings. The van der Waals surface area contributed by atoms with E-state index >= 15 is 0 Å². The van der Waals surface area contributed by atoms with Crippen molar-refractivity contribution in [1.82, 2.24) is 5.32 Å². The molecule has 106 valence electrons. The number of carbonyl (C=O) groups excluding carboxylic acids is 1. The van der Waals surface area contributed by atoms with Crippen LogP contribution in [0.5, 0.6) is 0 Å². The summed E-state index contributed by atoms with van der Waals surface area (Å²) < 4.78 is 0. The van der Waals surface area contributed by atoms with Gasteiger partial charge in [0.2, 0.25) is 5.91 Å². The molecule has 0 fully saturated rings. The van der Waals surface area contributed by atoms with Crippen molar-refractivity contribution in [2.45, 2.75) is 45.7 Å². The molecule has 1 rings (SSSR count). The Bertz CT molecular complexity index is 446. The smallest absolute Gasteiger partial charge is 0.248 e. The van der Waals surface area contributed by atoms with Gasteiger partial charge in [0.15, 0.2) is 0 Å². The monoisotopic (exact) mass is 264 g/mol. The first-order valence-electron chi connectivity index (χ1n) is 6.67. The largest absolute Gasteiger partial charge is 0.396 e. The lowest BCUT2D eigenvalue weighted by molar-refractivity contribution is 0.1000. The van der Waals surface area contributed by atoms with Crippen LogP contribution in [0.1, 0.15) is 48.2 Å². The molecule has 1 amide bonds. The van der Waals surface area contributed by atoms with E-state index in [1.165, 1.54) is 0 Å². The number of rotatable bonds is 7. The zero-order chi connectivity index (χ0) is 14.5. The van der Waals surface area contributed by atoms with Crippen molar-refractivity contribution in [2.75, 3.05) is 6.61 Å². The Morgan fingerprint density at radius 1 is 1.47 bits per heavy atom. The van der Waals surface area contributed by atoms with Gasteiger partial charge in [0.05, 0.1) is 0 Å². The maximum absolute atomic E-state index is 11.1. The highest BCUT2D eigenvalue weighted by molar-refractivity contribution is 5.93. The molecule has 0 saturated heterocycles. The number of hydrogen-bond acceptors (Lipinski definition) is 3. The lowest BCUT2D eigenvalue weighted by Gasteiger charge is -2.29. The van der Waals surface area contributed by atoms with Gasteiger partial charge in [0.25, 0.3) is 0 Å². The molecule has 4 heteroatoms. The van der Waals surface area contributed by atoms with E-state index in [1.54, 1.807) is 6.07 Å². The Hall–Kier alpha value is -1.39. The molecule has 0 aliphatic carbocycles. The van der Waals surface area contributed by atoms with E-state index in [0.29, 0.717) is 5.56 Å². The van der Waals surface area contributed by atoms with Crippen molar-refractivity contribution < 1.29 is 9.90 Å². The van der Waals surface area contributed by atoms with E-state index < -0.39 is 5.91 Å². The second-order valence-electron chi connectivity index (χ2n) is 5.25. The third-order valence-electron chi connectivity index (χ3n) is 3.78. The molecule has 0 heterocycles. The highest BCUT2D eigenvalue weighted by atomic mass is 16.3. The Morgan fingerprint density at radius 3 is 2.63 bits per heavy atom. The van der Waals surface area contributed by atoms with Gasteiger partial charge in [-0.3, -0.25) is 4.79 Å². The highest BCUT2D eigenvalue weighted by Gasteiger charge is 2.20. The molecule has 1 aromatic rings. The van der Waals surface area contributed by atoms with Gasteiger partial charge >= 0.3 is 0 Å². The second kappa shape index (κ2) is 6.68. The summed E-state index contributed by atoms with van der Waals surface area (Å²) in [6, 6.07) is 5.49. The van der Waals surface area contributed by atoms with Gasteiger partial charge in [-0.05, 0) is 49.9 Å². The summed E-state index contributed by atoms with van der Waals surface area (Å²) in [6.45, 7) is 7.08. The Labute approximate surface area is 115 Å². The molecular formula is C15H24N2O2. The summed E-state index contributed by atoms with van der Waals surface area (Å²) in [5.41, 5.74) is 7.91. The molecule has 4 N–H and O–H groups in total. The van der Waals surface area contributed by atoms with Gasteiger partial charge in [-0.1, -0.05) is 13.0 Å². The van der Waals surface area contributed by atoms with E-state index in [1.807, 2.05) is 19.1 Å². The number of benzene rings is 1. The first-order valence-corrected chi connectivity index (χ1v) is 6.67. The minimum absolute atomic E-state index is 0.0659. The number of hydrogen-bond donors (Lipinski definition) is 3. The minimum Gasteiger partial charge on any atom is -0.396 e. The molecule has 0 saturated carbocycles. The van der Waals surface area contributed by atoms with Gasteiger partial charge in [-0.2, -0.15) is 0 Å². The van der Waals surface area contributed by atoms with Crippen molar-refractivity contribution in [3.05, 3.63) is 34.9 Å². The van der Waals surface area contributed by atoms with E-state index in [4.69, 9.17) is 10.8 Å². The average molecular weight is 264 g/mol. The third kappa shape index (κ3) is 4.33. The maximum Gasteiger partial charge on any atom is 0.248 e. The molecule has 0 bridgehead atoms. The molecule has 0 radical (unpaired) electrons. The van der Waals surface area contributed by atoms with Crippen LogP contribution in [0.3, 0.4) is 0 Å². The second-order valence-corrected chi connectivity index (χ2v) is 5.25. The molecular weight excluding hydrogens is 240 g/mol. The third-order valence-corrected chi connectivity index (χ3v) is 3.78. The number of aliphatic hydroxyl groups excluding tert-OH is 1. The van der Waals surface area contributed by atoms with Crippen LogP contribution in [-0.4, -0.2) is 23.2 Å². The standard InChI is InChI=1S/C15H24N2O2/c1-4-15(3,7-8-18)17-10-13-6-5-12(14(16)19)9-11(13)2/h5-6,9,17-18H,4,7-8,10H2,1-3H3,(H2,16,19). The van der Waals surface area contributed by atoms with E-state index in [9.17, 15) is 4.79 Å². The fraction of sp³-hybridized carbons (Fsp3) is 0.533. The van der Waals surface area contributed by atoms with Gasteiger partial charge in [0, 0.05) is 24.3 Å². The molecule has 0 aromatic heterocycles. The molecule has 4 nitrogen and oxygen atoms in total. The van der Waals surface area contributed by atoms with E-state index in [2.05, 4.69) is 19.2 Å². The molecule has 1 unspecified atom stereocenters. The van der Waals surface area contributed by atoms with Crippen molar-refractivity contribution in [3.63, 3.8) is 0 Å². The minimum atomic E-state index is -0.402. The number of amides is 1. The van der Waals surface area contributed by atoms with Crippen molar-refractivity contribution in [2.24, 2.45) is 5.73 Å². The van der Waals surface area contributed by atoms with Crippen molar-refractivity contribution >= 4 is 5.91 Å². The quantitative estimate of drug-likeness (QED) is 0.702. The summed E-state index contributed by atoms with van der Waals surface area (Å²) in [5, 5.41) is 12.6. The molecule has 1 atom stereocenters. The first-order chi connectivity index (χ1) is 8.91. The van der Waals surface area contributed by atoms with Crippen LogP contribution < -0.4 is 11.1 Å². The maximum atomic E-state index is 11.1. The Balaban J connectivity index is 2.75. The number of carbonyl (C=O) groups is 1. The van der Waals surface area contributed by atoms with Gasteiger partial charge in [0.1, 0.15) is 0 Å². The Morgan fingerprint density at radius 2 is 2.16 bits per heavy atom. The topological polar surface area (TPSA) is 75.3 Å². The molecule has 19 heavy (non-hydrogen) atoms. The number of aryl methyl sites for hydroxylation is 1. The summed E-state index contributed by atoms with van der Waals surface area (Å²) in [6.07, 6.45) is 1.67. The highest BCUT2D eigenvalue weighted by Crippen LogP contribution is 2.17.